The van der Waals surface area contributed by atoms with Crippen molar-refractivity contribution in [1.29, 1.82) is 0 Å². The number of aromatic nitrogens is 1. The molecule has 90 valence electrons. The Hall–Kier alpha value is -0.840. The van der Waals surface area contributed by atoms with Crippen LogP contribution >= 0.6 is 22.9 Å². The highest BCUT2D eigenvalue weighted by Gasteiger charge is 2.30. The van der Waals surface area contributed by atoms with E-state index in [2.05, 4.69) is 17.2 Å². The number of hydrogen-bond donors (Lipinski definition) is 1. The van der Waals surface area contributed by atoms with Gasteiger partial charge in [-0.25, -0.2) is 4.98 Å². The molecule has 0 bridgehead atoms. The molecule has 3 rings (SSSR count). The molecule has 1 saturated heterocycles. The predicted octanol–water partition coefficient (Wildman–Crippen LogP) is 3.54. The van der Waals surface area contributed by atoms with Crippen LogP contribution in [0.3, 0.4) is 0 Å². The molecule has 1 aromatic carbocycles. The SMILES string of the molecule is CC1(Nc2nc3ccc(Cl)cc3s2)CCOC1. The van der Waals surface area contributed by atoms with Crippen molar-refractivity contribution in [3.63, 3.8) is 0 Å². The first-order chi connectivity index (χ1) is 8.15. The topological polar surface area (TPSA) is 34.2 Å². The van der Waals surface area contributed by atoms with Crippen LogP contribution in [0.1, 0.15) is 13.3 Å². The fourth-order valence-corrected chi connectivity index (χ4v) is 3.27. The minimum Gasteiger partial charge on any atom is -0.379 e. The number of thiazole rings is 1. The zero-order valence-corrected chi connectivity index (χ0v) is 11.1. The van der Waals surface area contributed by atoms with Gasteiger partial charge in [0.05, 0.1) is 22.4 Å². The Morgan fingerprint density at radius 3 is 3.18 bits per heavy atom. The van der Waals surface area contributed by atoms with Gasteiger partial charge in [-0.15, -0.1) is 0 Å². The molecule has 1 fully saturated rings. The zero-order chi connectivity index (χ0) is 11.9. The van der Waals surface area contributed by atoms with Crippen LogP contribution in [0, 0.1) is 0 Å². The number of anilines is 1. The third-order valence-corrected chi connectivity index (χ3v) is 4.15. The summed E-state index contributed by atoms with van der Waals surface area (Å²) in [6, 6.07) is 5.77. The van der Waals surface area contributed by atoms with E-state index < -0.39 is 0 Å². The van der Waals surface area contributed by atoms with Gasteiger partial charge in [0.1, 0.15) is 0 Å². The summed E-state index contributed by atoms with van der Waals surface area (Å²) in [5, 5.41) is 5.16. The molecule has 17 heavy (non-hydrogen) atoms. The van der Waals surface area contributed by atoms with Crippen molar-refractivity contribution in [3.05, 3.63) is 23.2 Å². The summed E-state index contributed by atoms with van der Waals surface area (Å²) >= 11 is 7.60. The van der Waals surface area contributed by atoms with E-state index in [9.17, 15) is 0 Å². The zero-order valence-electron chi connectivity index (χ0n) is 9.50. The monoisotopic (exact) mass is 268 g/mol. The molecule has 1 unspecified atom stereocenters. The molecule has 0 radical (unpaired) electrons. The van der Waals surface area contributed by atoms with Crippen molar-refractivity contribution >= 4 is 38.3 Å². The van der Waals surface area contributed by atoms with E-state index in [1.165, 1.54) is 0 Å². The summed E-state index contributed by atoms with van der Waals surface area (Å²) in [4.78, 5) is 4.56. The average Bonchev–Trinajstić information content (AvgIpc) is 2.84. The number of nitrogens with one attached hydrogen (secondary N) is 1. The number of halogens is 1. The molecule has 2 aromatic rings. The fourth-order valence-electron chi connectivity index (χ4n) is 1.98. The number of benzene rings is 1. The van der Waals surface area contributed by atoms with E-state index in [1.807, 2.05) is 18.2 Å². The van der Waals surface area contributed by atoms with Gasteiger partial charge in [-0.2, -0.15) is 0 Å². The number of hydrogen-bond acceptors (Lipinski definition) is 4. The quantitative estimate of drug-likeness (QED) is 0.905. The van der Waals surface area contributed by atoms with Crippen LogP contribution in [0.4, 0.5) is 5.13 Å². The Kier molecular flexibility index (Phi) is 2.73. The summed E-state index contributed by atoms with van der Waals surface area (Å²) in [5.74, 6) is 0. The molecule has 3 nitrogen and oxygen atoms in total. The van der Waals surface area contributed by atoms with Crippen LogP contribution in [0.15, 0.2) is 18.2 Å². The van der Waals surface area contributed by atoms with Crippen molar-refractivity contribution in [1.82, 2.24) is 4.98 Å². The maximum Gasteiger partial charge on any atom is 0.184 e. The van der Waals surface area contributed by atoms with Gasteiger partial charge in [0.2, 0.25) is 0 Å². The van der Waals surface area contributed by atoms with Crippen LogP contribution in [0.5, 0.6) is 0 Å². The molecule has 1 N–H and O–H groups in total. The summed E-state index contributed by atoms with van der Waals surface area (Å²) in [6.45, 7) is 3.73. The largest absolute Gasteiger partial charge is 0.379 e. The van der Waals surface area contributed by atoms with Gasteiger partial charge in [-0.1, -0.05) is 22.9 Å². The van der Waals surface area contributed by atoms with E-state index in [-0.39, 0.29) is 5.54 Å². The molecule has 2 heterocycles. The lowest BCUT2D eigenvalue weighted by atomic mass is 10.0. The number of nitrogens with zero attached hydrogens (tertiary/aromatic N) is 1. The van der Waals surface area contributed by atoms with Crippen LogP contribution in [0.25, 0.3) is 10.2 Å². The van der Waals surface area contributed by atoms with Gasteiger partial charge in [0, 0.05) is 11.6 Å². The number of fused-ring (bicyclic) bond motifs is 1. The second-order valence-corrected chi connectivity index (χ2v) is 6.09. The van der Waals surface area contributed by atoms with Crippen molar-refractivity contribution in [3.8, 4) is 0 Å². The Bertz CT molecular complexity index is 548. The smallest absolute Gasteiger partial charge is 0.184 e. The highest BCUT2D eigenvalue weighted by atomic mass is 35.5. The van der Waals surface area contributed by atoms with Crippen LogP contribution in [-0.2, 0) is 4.74 Å². The first-order valence-corrected chi connectivity index (χ1v) is 6.76. The van der Waals surface area contributed by atoms with Gasteiger partial charge in [-0.3, -0.25) is 0 Å². The third-order valence-electron chi connectivity index (χ3n) is 2.98. The number of rotatable bonds is 2. The van der Waals surface area contributed by atoms with E-state index in [1.54, 1.807) is 11.3 Å². The molecule has 1 aliphatic rings. The Balaban J connectivity index is 1.90. The normalized spacial score (nSPS) is 24.4. The Morgan fingerprint density at radius 2 is 2.41 bits per heavy atom. The van der Waals surface area contributed by atoms with Gasteiger partial charge < -0.3 is 10.1 Å². The molecule has 5 heteroatoms. The standard InChI is InChI=1S/C12H13ClN2OS/c1-12(4-5-16-7-12)15-11-14-9-3-2-8(13)6-10(9)17-11/h2-3,6H,4-5,7H2,1H3,(H,14,15). The fraction of sp³-hybridized carbons (Fsp3) is 0.417. The maximum absolute atomic E-state index is 5.96. The van der Waals surface area contributed by atoms with E-state index in [0.29, 0.717) is 0 Å². The lowest BCUT2D eigenvalue weighted by molar-refractivity contribution is 0.185. The second kappa shape index (κ2) is 4.12. The van der Waals surface area contributed by atoms with Crippen LogP contribution in [0.2, 0.25) is 5.02 Å². The Morgan fingerprint density at radius 1 is 1.53 bits per heavy atom. The summed E-state index contributed by atoms with van der Waals surface area (Å²) in [5.41, 5.74) is 1.00. The molecular weight excluding hydrogens is 256 g/mol. The van der Waals surface area contributed by atoms with Gasteiger partial charge in [-0.05, 0) is 31.5 Å². The minimum atomic E-state index is 0.0116. The first-order valence-electron chi connectivity index (χ1n) is 5.57. The average molecular weight is 269 g/mol. The summed E-state index contributed by atoms with van der Waals surface area (Å²) < 4.78 is 6.53. The van der Waals surface area contributed by atoms with Crippen molar-refractivity contribution in [2.45, 2.75) is 18.9 Å². The molecule has 1 atom stereocenters. The molecule has 1 aliphatic heterocycles. The van der Waals surface area contributed by atoms with Crippen LogP contribution in [-0.4, -0.2) is 23.7 Å². The van der Waals surface area contributed by atoms with Crippen molar-refractivity contribution < 1.29 is 4.74 Å². The molecule has 0 amide bonds. The highest BCUT2D eigenvalue weighted by molar-refractivity contribution is 7.22. The third kappa shape index (κ3) is 2.25. The summed E-state index contributed by atoms with van der Waals surface area (Å²) in [6.07, 6.45) is 1.02. The highest BCUT2D eigenvalue weighted by Crippen LogP contribution is 2.31. The van der Waals surface area contributed by atoms with E-state index >= 15 is 0 Å². The van der Waals surface area contributed by atoms with Gasteiger partial charge >= 0.3 is 0 Å². The summed E-state index contributed by atoms with van der Waals surface area (Å²) in [7, 11) is 0. The Labute approximate surface area is 109 Å². The lowest BCUT2D eigenvalue weighted by Gasteiger charge is -2.22. The first kappa shape index (κ1) is 11.3. The molecule has 1 aromatic heterocycles. The van der Waals surface area contributed by atoms with Crippen LogP contribution < -0.4 is 5.32 Å². The van der Waals surface area contributed by atoms with Crippen molar-refractivity contribution in [2.75, 3.05) is 18.5 Å². The maximum atomic E-state index is 5.96. The number of ether oxygens (including phenoxy) is 1. The lowest BCUT2D eigenvalue weighted by Crippen LogP contribution is -2.34. The molecule has 0 saturated carbocycles. The molecule has 0 aliphatic carbocycles. The van der Waals surface area contributed by atoms with Crippen molar-refractivity contribution in [2.24, 2.45) is 0 Å². The molecule has 0 spiro atoms. The van der Waals surface area contributed by atoms with Gasteiger partial charge in [0.25, 0.3) is 0 Å². The van der Waals surface area contributed by atoms with Gasteiger partial charge in [0.15, 0.2) is 5.13 Å². The molecular formula is C12H13ClN2OS. The second-order valence-electron chi connectivity index (χ2n) is 4.62. The minimum absolute atomic E-state index is 0.0116. The van der Waals surface area contributed by atoms with E-state index in [4.69, 9.17) is 16.3 Å². The predicted molar refractivity (Wildman–Crippen MR) is 72.1 cm³/mol. The van der Waals surface area contributed by atoms with E-state index in [0.717, 1.165) is 40.0 Å².